The quantitative estimate of drug-likeness (QED) is 0.682. The molecule has 0 radical (unpaired) electrons. The topological polar surface area (TPSA) is 21.3 Å². The lowest BCUT2D eigenvalue weighted by Crippen LogP contribution is -2.24. The molecular formula is C14H25NOS. The highest BCUT2D eigenvalue weighted by molar-refractivity contribution is 7.09. The molecule has 1 aromatic rings. The summed E-state index contributed by atoms with van der Waals surface area (Å²) >= 11 is 1.81. The van der Waals surface area contributed by atoms with Gasteiger partial charge in [0.25, 0.3) is 0 Å². The summed E-state index contributed by atoms with van der Waals surface area (Å²) in [4.78, 5) is 1.42. The predicted octanol–water partition coefficient (Wildman–Crippen LogP) is 3.47. The first kappa shape index (κ1) is 14.7. The first-order valence-electron chi connectivity index (χ1n) is 6.56. The van der Waals surface area contributed by atoms with Gasteiger partial charge in [0.2, 0.25) is 0 Å². The van der Waals surface area contributed by atoms with Crippen LogP contribution < -0.4 is 5.32 Å². The molecule has 1 atom stereocenters. The van der Waals surface area contributed by atoms with Gasteiger partial charge in [-0.05, 0) is 37.8 Å². The number of rotatable bonds is 9. The van der Waals surface area contributed by atoms with Gasteiger partial charge in [0.15, 0.2) is 0 Å². The third-order valence-electron chi connectivity index (χ3n) is 2.67. The van der Waals surface area contributed by atoms with Crippen molar-refractivity contribution in [3.8, 4) is 0 Å². The average molecular weight is 255 g/mol. The number of thiophene rings is 1. The standard InChI is InChI=1S/C14H25NOS/c1-12(2)15-9-4-6-13(3)16-10-8-14-7-5-11-17-14/h5,7,11-13,15H,4,6,8-10H2,1-3H3. The van der Waals surface area contributed by atoms with Crippen LogP contribution in [0.3, 0.4) is 0 Å². The minimum Gasteiger partial charge on any atom is -0.378 e. The zero-order valence-corrected chi connectivity index (χ0v) is 12.1. The van der Waals surface area contributed by atoms with Crippen LogP contribution >= 0.6 is 11.3 Å². The van der Waals surface area contributed by atoms with Crippen molar-refractivity contribution in [2.45, 2.75) is 52.2 Å². The molecule has 2 nitrogen and oxygen atoms in total. The van der Waals surface area contributed by atoms with Crippen molar-refractivity contribution in [1.29, 1.82) is 0 Å². The lowest BCUT2D eigenvalue weighted by molar-refractivity contribution is 0.0614. The van der Waals surface area contributed by atoms with Gasteiger partial charge in [-0.1, -0.05) is 19.9 Å². The largest absolute Gasteiger partial charge is 0.378 e. The van der Waals surface area contributed by atoms with Gasteiger partial charge in [0, 0.05) is 17.3 Å². The maximum absolute atomic E-state index is 5.80. The van der Waals surface area contributed by atoms with Crippen LogP contribution in [0, 0.1) is 0 Å². The molecule has 1 rings (SSSR count). The van der Waals surface area contributed by atoms with E-state index in [-0.39, 0.29) is 0 Å². The fourth-order valence-electron chi connectivity index (χ4n) is 1.68. The number of hydrogen-bond donors (Lipinski definition) is 1. The molecule has 1 heterocycles. The number of hydrogen-bond acceptors (Lipinski definition) is 3. The summed E-state index contributed by atoms with van der Waals surface area (Å²) in [6, 6.07) is 4.86. The van der Waals surface area contributed by atoms with E-state index in [1.54, 1.807) is 0 Å². The smallest absolute Gasteiger partial charge is 0.0547 e. The third-order valence-corrected chi connectivity index (χ3v) is 3.61. The lowest BCUT2D eigenvalue weighted by Gasteiger charge is -2.13. The van der Waals surface area contributed by atoms with Crippen molar-refractivity contribution < 1.29 is 4.74 Å². The Bertz CT molecular complexity index is 272. The molecule has 0 aliphatic carbocycles. The molecule has 0 amide bonds. The van der Waals surface area contributed by atoms with Crippen LogP contribution in [0.15, 0.2) is 17.5 Å². The van der Waals surface area contributed by atoms with Gasteiger partial charge in [0.1, 0.15) is 0 Å². The first-order valence-corrected chi connectivity index (χ1v) is 7.44. The monoisotopic (exact) mass is 255 g/mol. The molecule has 0 aliphatic heterocycles. The highest BCUT2D eigenvalue weighted by Gasteiger charge is 2.02. The van der Waals surface area contributed by atoms with Crippen LogP contribution in [0.2, 0.25) is 0 Å². The first-order chi connectivity index (χ1) is 8.18. The van der Waals surface area contributed by atoms with E-state index in [2.05, 4.69) is 43.6 Å². The third kappa shape index (κ3) is 7.53. The molecule has 3 heteroatoms. The minimum atomic E-state index is 0.379. The van der Waals surface area contributed by atoms with Gasteiger partial charge in [-0.25, -0.2) is 0 Å². The summed E-state index contributed by atoms with van der Waals surface area (Å²) in [5.41, 5.74) is 0. The van der Waals surface area contributed by atoms with Gasteiger partial charge < -0.3 is 10.1 Å². The highest BCUT2D eigenvalue weighted by atomic mass is 32.1. The normalized spacial score (nSPS) is 13.2. The van der Waals surface area contributed by atoms with Gasteiger partial charge in [-0.2, -0.15) is 0 Å². The predicted molar refractivity (Wildman–Crippen MR) is 75.8 cm³/mol. The van der Waals surface area contributed by atoms with E-state index in [0.717, 1.165) is 26.0 Å². The maximum Gasteiger partial charge on any atom is 0.0547 e. The summed E-state index contributed by atoms with van der Waals surface area (Å²) in [5.74, 6) is 0. The summed E-state index contributed by atoms with van der Waals surface area (Å²) in [5, 5.41) is 5.55. The molecule has 98 valence electrons. The van der Waals surface area contributed by atoms with Gasteiger partial charge in [-0.15, -0.1) is 11.3 Å². The maximum atomic E-state index is 5.80. The molecule has 1 N–H and O–H groups in total. The molecule has 1 unspecified atom stereocenters. The Balaban J connectivity index is 1.96. The molecule has 0 saturated carbocycles. The van der Waals surface area contributed by atoms with Crippen molar-refractivity contribution in [2.24, 2.45) is 0 Å². The molecule has 0 fully saturated rings. The van der Waals surface area contributed by atoms with Crippen molar-refractivity contribution in [3.63, 3.8) is 0 Å². The van der Waals surface area contributed by atoms with Gasteiger partial charge in [-0.3, -0.25) is 0 Å². The Morgan fingerprint density at radius 1 is 1.35 bits per heavy atom. The van der Waals surface area contributed by atoms with E-state index in [1.807, 2.05) is 11.3 Å². The average Bonchev–Trinajstić information content (AvgIpc) is 2.77. The van der Waals surface area contributed by atoms with E-state index in [0.29, 0.717) is 12.1 Å². The molecule has 0 spiro atoms. The second-order valence-corrected chi connectivity index (χ2v) is 5.79. The van der Waals surface area contributed by atoms with E-state index < -0.39 is 0 Å². The summed E-state index contributed by atoms with van der Waals surface area (Å²) in [6.07, 6.45) is 3.76. The van der Waals surface area contributed by atoms with E-state index in [9.17, 15) is 0 Å². The summed E-state index contributed by atoms with van der Waals surface area (Å²) < 4.78 is 5.80. The zero-order chi connectivity index (χ0) is 12.5. The Labute approximate surface area is 109 Å². The zero-order valence-electron chi connectivity index (χ0n) is 11.2. The molecular weight excluding hydrogens is 230 g/mol. The Morgan fingerprint density at radius 2 is 2.18 bits per heavy atom. The second-order valence-electron chi connectivity index (χ2n) is 4.76. The lowest BCUT2D eigenvalue weighted by atomic mass is 10.2. The van der Waals surface area contributed by atoms with E-state index >= 15 is 0 Å². The van der Waals surface area contributed by atoms with Crippen LogP contribution in [0.1, 0.15) is 38.5 Å². The van der Waals surface area contributed by atoms with Crippen molar-refractivity contribution in [3.05, 3.63) is 22.4 Å². The number of ether oxygens (including phenoxy) is 1. The molecule has 0 saturated heterocycles. The molecule has 0 aromatic carbocycles. The Hall–Kier alpha value is -0.380. The summed E-state index contributed by atoms with van der Waals surface area (Å²) in [6.45, 7) is 8.47. The molecule has 0 bridgehead atoms. The van der Waals surface area contributed by atoms with Crippen molar-refractivity contribution >= 4 is 11.3 Å². The van der Waals surface area contributed by atoms with Crippen LogP contribution in [0.4, 0.5) is 0 Å². The molecule has 0 aliphatic rings. The SMILES string of the molecule is CC(C)NCCCC(C)OCCc1cccs1. The highest BCUT2D eigenvalue weighted by Crippen LogP contribution is 2.10. The minimum absolute atomic E-state index is 0.379. The Morgan fingerprint density at radius 3 is 2.82 bits per heavy atom. The fourth-order valence-corrected chi connectivity index (χ4v) is 2.37. The van der Waals surface area contributed by atoms with Crippen molar-refractivity contribution in [2.75, 3.05) is 13.2 Å². The number of nitrogens with one attached hydrogen (secondary N) is 1. The second kappa shape index (κ2) is 8.67. The van der Waals surface area contributed by atoms with Crippen LogP contribution in [-0.2, 0) is 11.2 Å². The van der Waals surface area contributed by atoms with Crippen molar-refractivity contribution in [1.82, 2.24) is 5.32 Å². The molecule has 17 heavy (non-hydrogen) atoms. The summed E-state index contributed by atoms with van der Waals surface area (Å²) in [7, 11) is 0. The van der Waals surface area contributed by atoms with Crippen LogP contribution in [-0.4, -0.2) is 25.3 Å². The van der Waals surface area contributed by atoms with E-state index in [1.165, 1.54) is 11.3 Å². The molecule has 1 aromatic heterocycles. The van der Waals surface area contributed by atoms with E-state index in [4.69, 9.17) is 4.74 Å². The van der Waals surface area contributed by atoms with Crippen LogP contribution in [0.5, 0.6) is 0 Å². The van der Waals surface area contributed by atoms with Gasteiger partial charge in [0.05, 0.1) is 12.7 Å². The Kier molecular flexibility index (Phi) is 7.49. The fraction of sp³-hybridized carbons (Fsp3) is 0.714. The van der Waals surface area contributed by atoms with Crippen LogP contribution in [0.25, 0.3) is 0 Å². The van der Waals surface area contributed by atoms with Gasteiger partial charge >= 0.3 is 0 Å².